The molecule has 10 nitrogen and oxygen atoms in total. The SMILES string of the molecule is COCCNC(=O)[C@@H]1CCC(=O)N(C)[C@@H](Cc2ccccc2)C(=O)N(C)CCCCCCCCCCCOc2ccccc2C(=O)N1. The zero-order valence-corrected chi connectivity index (χ0v) is 28.5. The lowest BCUT2D eigenvalue weighted by Crippen LogP contribution is -2.51. The second kappa shape index (κ2) is 21.1. The summed E-state index contributed by atoms with van der Waals surface area (Å²) in [5, 5.41) is 5.62. The molecule has 0 bridgehead atoms. The van der Waals surface area contributed by atoms with Crippen molar-refractivity contribution >= 4 is 23.6 Å². The average molecular weight is 651 g/mol. The third kappa shape index (κ3) is 13.0. The van der Waals surface area contributed by atoms with Crippen LogP contribution in [0.4, 0.5) is 0 Å². The Morgan fingerprint density at radius 3 is 2.23 bits per heavy atom. The number of methoxy groups -OCH3 is 1. The van der Waals surface area contributed by atoms with Crippen LogP contribution in [0.15, 0.2) is 54.6 Å². The monoisotopic (exact) mass is 650 g/mol. The molecule has 0 fully saturated rings. The van der Waals surface area contributed by atoms with E-state index in [1.54, 1.807) is 37.2 Å². The first-order valence-corrected chi connectivity index (χ1v) is 17.2. The molecule has 0 unspecified atom stereocenters. The lowest BCUT2D eigenvalue weighted by Gasteiger charge is -2.31. The minimum absolute atomic E-state index is 0.0421. The number of amides is 4. The Hall–Kier alpha value is -3.92. The highest BCUT2D eigenvalue weighted by atomic mass is 16.5. The van der Waals surface area contributed by atoms with E-state index in [1.807, 2.05) is 36.4 Å². The summed E-state index contributed by atoms with van der Waals surface area (Å²) in [7, 11) is 4.99. The Labute approximate surface area is 280 Å². The number of carbonyl (C=O) groups excluding carboxylic acids is 4. The second-order valence-electron chi connectivity index (χ2n) is 12.3. The Morgan fingerprint density at radius 2 is 1.53 bits per heavy atom. The summed E-state index contributed by atoms with van der Waals surface area (Å²) in [4.78, 5) is 57.4. The van der Waals surface area contributed by atoms with E-state index in [2.05, 4.69) is 10.6 Å². The first-order chi connectivity index (χ1) is 22.8. The van der Waals surface area contributed by atoms with E-state index in [0.29, 0.717) is 37.5 Å². The van der Waals surface area contributed by atoms with Crippen LogP contribution in [0.1, 0.15) is 86.6 Å². The van der Waals surface area contributed by atoms with E-state index in [9.17, 15) is 19.2 Å². The van der Waals surface area contributed by atoms with E-state index in [4.69, 9.17) is 9.47 Å². The van der Waals surface area contributed by atoms with E-state index in [1.165, 1.54) is 31.3 Å². The van der Waals surface area contributed by atoms with Crippen LogP contribution in [0, 0.1) is 0 Å². The molecule has 1 aliphatic heterocycles. The van der Waals surface area contributed by atoms with Gasteiger partial charge in [0, 0.05) is 47.1 Å². The van der Waals surface area contributed by atoms with Crippen LogP contribution in [-0.4, -0.2) is 93.0 Å². The van der Waals surface area contributed by atoms with Crippen LogP contribution in [0.3, 0.4) is 0 Å². The van der Waals surface area contributed by atoms with E-state index < -0.39 is 23.9 Å². The zero-order valence-electron chi connectivity index (χ0n) is 28.5. The molecule has 0 radical (unpaired) electrons. The van der Waals surface area contributed by atoms with Gasteiger partial charge < -0.3 is 29.9 Å². The van der Waals surface area contributed by atoms with E-state index >= 15 is 0 Å². The van der Waals surface area contributed by atoms with Gasteiger partial charge in [-0.25, -0.2) is 0 Å². The van der Waals surface area contributed by atoms with Crippen molar-refractivity contribution < 1.29 is 28.7 Å². The molecule has 4 amide bonds. The maximum absolute atomic E-state index is 13.8. The van der Waals surface area contributed by atoms with Crippen LogP contribution in [-0.2, 0) is 25.5 Å². The quantitative estimate of drug-likeness (QED) is 0.436. The number of carbonyl (C=O) groups is 4. The molecule has 0 saturated heterocycles. The predicted octanol–water partition coefficient (Wildman–Crippen LogP) is 4.76. The summed E-state index contributed by atoms with van der Waals surface area (Å²) in [6.07, 6.45) is 10.1. The number of benzene rings is 2. The standard InChI is InChI=1S/C37H54N4O6/c1-40-25-16-9-7-5-4-6-8-10-17-26-47-33-21-15-14-20-30(33)35(43)39-31(36(44)38-24-27-46-3)22-23-34(42)41(2)32(37(40)45)28-29-18-12-11-13-19-29/h11-15,18-21,31-32H,4-10,16-17,22-28H2,1-3H3,(H,38,44)(H,39,43)/t31-,32-/m0/s1. The summed E-state index contributed by atoms with van der Waals surface area (Å²) < 4.78 is 11.1. The molecule has 2 aromatic rings. The number of nitrogens with zero attached hydrogens (tertiary/aromatic N) is 2. The van der Waals surface area contributed by atoms with E-state index in [-0.39, 0.29) is 31.2 Å². The maximum Gasteiger partial charge on any atom is 0.255 e. The normalized spacial score (nSPS) is 20.4. The molecule has 3 rings (SSSR count). The highest BCUT2D eigenvalue weighted by molar-refractivity contribution is 5.99. The molecule has 258 valence electrons. The van der Waals surface area contributed by atoms with Gasteiger partial charge in [-0.05, 0) is 37.0 Å². The number of likely N-dealkylation sites (N-methyl/N-ethyl adjacent to an activating group) is 2. The second-order valence-corrected chi connectivity index (χ2v) is 12.3. The molecule has 1 heterocycles. The Balaban J connectivity index is 1.83. The zero-order chi connectivity index (χ0) is 33.9. The van der Waals surface area contributed by atoms with Gasteiger partial charge in [0.05, 0.1) is 18.8 Å². The highest BCUT2D eigenvalue weighted by Gasteiger charge is 2.31. The Morgan fingerprint density at radius 1 is 0.894 bits per heavy atom. The predicted molar refractivity (Wildman–Crippen MR) is 183 cm³/mol. The van der Waals surface area contributed by atoms with Gasteiger partial charge in [0.1, 0.15) is 17.8 Å². The van der Waals surface area contributed by atoms with Crippen molar-refractivity contribution in [3.8, 4) is 5.75 Å². The number of hydrogen-bond donors (Lipinski definition) is 2. The minimum atomic E-state index is -0.985. The van der Waals surface area contributed by atoms with E-state index in [0.717, 1.165) is 44.1 Å². The molecule has 2 aromatic carbocycles. The van der Waals surface area contributed by atoms with Crippen LogP contribution < -0.4 is 15.4 Å². The molecule has 0 aliphatic carbocycles. The van der Waals surface area contributed by atoms with Crippen LogP contribution in [0.5, 0.6) is 5.75 Å². The van der Waals surface area contributed by atoms with Crippen molar-refractivity contribution in [3.63, 3.8) is 0 Å². The highest BCUT2D eigenvalue weighted by Crippen LogP contribution is 2.20. The Bertz CT molecular complexity index is 1260. The topological polar surface area (TPSA) is 117 Å². The van der Waals surface area contributed by atoms with Crippen molar-refractivity contribution in [3.05, 3.63) is 65.7 Å². The Kier molecular flexibility index (Phi) is 16.8. The van der Waals surface area contributed by atoms with Crippen molar-refractivity contribution in [2.24, 2.45) is 0 Å². The summed E-state index contributed by atoms with van der Waals surface area (Å²) in [6, 6.07) is 15.0. The molecule has 1 aliphatic rings. The fourth-order valence-electron chi connectivity index (χ4n) is 5.76. The number of rotatable bonds is 6. The van der Waals surface area contributed by atoms with Gasteiger partial charge in [0.15, 0.2) is 0 Å². The van der Waals surface area contributed by atoms with Crippen molar-refractivity contribution in [1.29, 1.82) is 0 Å². The van der Waals surface area contributed by atoms with Crippen LogP contribution in [0.25, 0.3) is 0 Å². The summed E-state index contributed by atoms with van der Waals surface area (Å²) in [6.45, 7) is 1.70. The molecule has 47 heavy (non-hydrogen) atoms. The molecule has 2 N–H and O–H groups in total. The van der Waals surface area contributed by atoms with Crippen molar-refractivity contribution in [2.75, 3.05) is 47.5 Å². The number of hydrogen-bond acceptors (Lipinski definition) is 6. The van der Waals surface area contributed by atoms with Gasteiger partial charge >= 0.3 is 0 Å². The molecular weight excluding hydrogens is 596 g/mol. The summed E-state index contributed by atoms with van der Waals surface area (Å²) in [5.41, 5.74) is 1.28. The molecular formula is C37H54N4O6. The molecule has 0 saturated carbocycles. The van der Waals surface area contributed by atoms with Gasteiger partial charge in [0.25, 0.3) is 5.91 Å². The van der Waals surface area contributed by atoms with Gasteiger partial charge in [-0.2, -0.15) is 0 Å². The average Bonchev–Trinajstić information content (AvgIpc) is 3.08. The first-order valence-electron chi connectivity index (χ1n) is 17.2. The van der Waals surface area contributed by atoms with Gasteiger partial charge in [-0.3, -0.25) is 19.2 Å². The number of para-hydroxylation sites is 1. The minimum Gasteiger partial charge on any atom is -0.493 e. The lowest BCUT2D eigenvalue weighted by atomic mass is 10.0. The molecule has 10 heteroatoms. The summed E-state index contributed by atoms with van der Waals surface area (Å²) in [5.74, 6) is -0.809. The van der Waals surface area contributed by atoms with Crippen LogP contribution in [0.2, 0.25) is 0 Å². The number of nitrogens with one attached hydrogen (secondary N) is 2. The third-order valence-electron chi connectivity index (χ3n) is 8.70. The van der Waals surface area contributed by atoms with Crippen molar-refractivity contribution in [1.82, 2.24) is 20.4 Å². The molecule has 0 spiro atoms. The summed E-state index contributed by atoms with van der Waals surface area (Å²) >= 11 is 0. The van der Waals surface area contributed by atoms with Crippen LogP contribution >= 0.6 is 0 Å². The number of fused-ring (bicyclic) bond motifs is 1. The number of ether oxygens (including phenoxy) is 2. The molecule has 2 atom stereocenters. The first kappa shape index (κ1) is 37.5. The third-order valence-corrected chi connectivity index (χ3v) is 8.70. The fourth-order valence-corrected chi connectivity index (χ4v) is 5.76. The lowest BCUT2D eigenvalue weighted by molar-refractivity contribution is -0.144. The fraction of sp³-hybridized carbons (Fsp3) is 0.568. The van der Waals surface area contributed by atoms with Gasteiger partial charge in [-0.15, -0.1) is 0 Å². The largest absolute Gasteiger partial charge is 0.493 e. The smallest absolute Gasteiger partial charge is 0.255 e. The van der Waals surface area contributed by atoms with Gasteiger partial charge in [-0.1, -0.05) is 87.4 Å². The molecule has 0 aromatic heterocycles. The van der Waals surface area contributed by atoms with Crippen molar-refractivity contribution in [2.45, 2.75) is 89.1 Å². The maximum atomic E-state index is 13.8. The van der Waals surface area contributed by atoms with Gasteiger partial charge in [0.2, 0.25) is 17.7 Å².